The van der Waals surface area contributed by atoms with Gasteiger partial charge in [-0.2, -0.15) is 0 Å². The molecule has 2 aromatic rings. The molecule has 0 saturated carbocycles. The minimum atomic E-state index is -1.18. The van der Waals surface area contributed by atoms with Crippen molar-refractivity contribution in [2.24, 2.45) is 5.73 Å². The highest BCUT2D eigenvalue weighted by Gasteiger charge is 2.14. The number of anilines is 1. The smallest absolute Gasteiger partial charge is 0.251 e. The van der Waals surface area contributed by atoms with Gasteiger partial charge in [-0.05, 0) is 29.3 Å². The van der Waals surface area contributed by atoms with Gasteiger partial charge in [0.2, 0.25) is 0 Å². The van der Waals surface area contributed by atoms with Crippen LogP contribution in [0.2, 0.25) is 5.02 Å². The quantitative estimate of drug-likeness (QED) is 0.597. The van der Waals surface area contributed by atoms with E-state index in [1.54, 1.807) is 18.2 Å². The van der Waals surface area contributed by atoms with Gasteiger partial charge in [-0.25, -0.2) is 8.78 Å². The summed E-state index contributed by atoms with van der Waals surface area (Å²) in [6.07, 6.45) is 0. The van der Waals surface area contributed by atoms with E-state index in [0.29, 0.717) is 5.69 Å². The van der Waals surface area contributed by atoms with Crippen molar-refractivity contribution in [1.29, 1.82) is 0 Å². The third kappa shape index (κ3) is 3.35. The maximum absolute atomic E-state index is 13.3. The standard InChI is InChI=1S/C15H14ClF2N3O/c16-11-4-9(5-12(17)14(11)18)15(22)21-7-8-2-1-3-13(20)10(8)6-19/h1-5H,6-7,19-20H2,(H,21,22). The lowest BCUT2D eigenvalue weighted by atomic mass is 10.1. The molecule has 7 heteroatoms. The molecule has 0 unspecified atom stereocenters. The van der Waals surface area contributed by atoms with Crippen LogP contribution in [0.15, 0.2) is 30.3 Å². The van der Waals surface area contributed by atoms with Gasteiger partial charge >= 0.3 is 0 Å². The average Bonchev–Trinajstić information content (AvgIpc) is 2.49. The van der Waals surface area contributed by atoms with E-state index in [0.717, 1.165) is 23.3 Å². The second-order valence-corrected chi connectivity index (χ2v) is 5.03. The third-order valence-corrected chi connectivity index (χ3v) is 3.47. The molecule has 0 saturated heterocycles. The number of benzene rings is 2. The first-order valence-electron chi connectivity index (χ1n) is 6.43. The summed E-state index contributed by atoms with van der Waals surface area (Å²) in [5.74, 6) is -2.94. The molecule has 0 atom stereocenters. The fourth-order valence-electron chi connectivity index (χ4n) is 2.03. The van der Waals surface area contributed by atoms with E-state index in [1.165, 1.54) is 0 Å². The summed E-state index contributed by atoms with van der Waals surface area (Å²) in [6, 6.07) is 7.09. The number of carbonyl (C=O) groups excluding carboxylic acids is 1. The lowest BCUT2D eigenvalue weighted by Crippen LogP contribution is -2.24. The van der Waals surface area contributed by atoms with Crippen LogP contribution in [-0.4, -0.2) is 5.91 Å². The molecule has 4 nitrogen and oxygen atoms in total. The number of carbonyl (C=O) groups is 1. The van der Waals surface area contributed by atoms with Crippen LogP contribution in [0.4, 0.5) is 14.5 Å². The van der Waals surface area contributed by atoms with E-state index >= 15 is 0 Å². The number of nitrogens with one attached hydrogen (secondary N) is 1. The van der Waals surface area contributed by atoms with Crippen molar-refractivity contribution < 1.29 is 13.6 Å². The Hall–Kier alpha value is -2.18. The van der Waals surface area contributed by atoms with Crippen LogP contribution in [0.25, 0.3) is 0 Å². The predicted molar refractivity (Wildman–Crippen MR) is 81.3 cm³/mol. The Labute approximate surface area is 131 Å². The van der Waals surface area contributed by atoms with Crippen molar-refractivity contribution in [1.82, 2.24) is 5.32 Å². The Morgan fingerprint density at radius 2 is 2.00 bits per heavy atom. The van der Waals surface area contributed by atoms with E-state index in [2.05, 4.69) is 5.32 Å². The zero-order valence-electron chi connectivity index (χ0n) is 11.5. The van der Waals surface area contributed by atoms with Gasteiger partial charge in [0.05, 0.1) is 5.02 Å². The monoisotopic (exact) mass is 325 g/mol. The molecular formula is C15H14ClF2N3O. The highest BCUT2D eigenvalue weighted by molar-refractivity contribution is 6.31. The highest BCUT2D eigenvalue weighted by atomic mass is 35.5. The van der Waals surface area contributed by atoms with Crippen molar-refractivity contribution in [3.63, 3.8) is 0 Å². The first-order chi connectivity index (χ1) is 10.4. The predicted octanol–water partition coefficient (Wildman–Crippen LogP) is 2.59. The van der Waals surface area contributed by atoms with Crippen molar-refractivity contribution in [3.05, 3.63) is 63.7 Å². The molecule has 0 aliphatic carbocycles. The molecule has 0 aliphatic rings. The van der Waals surface area contributed by atoms with E-state index in [-0.39, 0.29) is 18.7 Å². The van der Waals surface area contributed by atoms with Gasteiger partial charge in [0.25, 0.3) is 5.91 Å². The number of hydrogen-bond acceptors (Lipinski definition) is 3. The van der Waals surface area contributed by atoms with Crippen LogP contribution in [-0.2, 0) is 13.1 Å². The number of nitrogen functional groups attached to an aromatic ring is 1. The summed E-state index contributed by atoms with van der Waals surface area (Å²) >= 11 is 5.52. The molecule has 0 radical (unpaired) electrons. The van der Waals surface area contributed by atoms with Gasteiger partial charge in [0.1, 0.15) is 0 Å². The molecule has 2 aromatic carbocycles. The van der Waals surface area contributed by atoms with Crippen molar-refractivity contribution >= 4 is 23.2 Å². The fourth-order valence-corrected chi connectivity index (χ4v) is 2.24. The topological polar surface area (TPSA) is 81.1 Å². The molecule has 0 aromatic heterocycles. The maximum atomic E-state index is 13.3. The van der Waals surface area contributed by atoms with Crippen LogP contribution in [0.5, 0.6) is 0 Å². The molecule has 0 heterocycles. The van der Waals surface area contributed by atoms with E-state index in [1.807, 2.05) is 0 Å². The molecule has 0 bridgehead atoms. The van der Waals surface area contributed by atoms with Gasteiger partial charge in [0, 0.05) is 24.3 Å². The third-order valence-electron chi connectivity index (χ3n) is 3.20. The molecule has 0 fully saturated rings. The largest absolute Gasteiger partial charge is 0.398 e. The SMILES string of the molecule is NCc1c(N)cccc1CNC(=O)c1cc(F)c(F)c(Cl)c1. The molecule has 0 aliphatic heterocycles. The van der Waals surface area contributed by atoms with Gasteiger partial charge in [0.15, 0.2) is 11.6 Å². The van der Waals surface area contributed by atoms with Crippen LogP contribution in [0.1, 0.15) is 21.5 Å². The molecule has 116 valence electrons. The van der Waals surface area contributed by atoms with Gasteiger partial charge < -0.3 is 16.8 Å². The second kappa shape index (κ2) is 6.72. The number of nitrogens with two attached hydrogens (primary N) is 2. The Bertz CT molecular complexity index is 699. The van der Waals surface area contributed by atoms with Crippen molar-refractivity contribution in [3.8, 4) is 0 Å². The summed E-state index contributed by atoms with van der Waals surface area (Å²) in [5, 5.41) is 2.15. The van der Waals surface area contributed by atoms with E-state index in [4.69, 9.17) is 23.1 Å². The number of amides is 1. The van der Waals surface area contributed by atoms with Crippen LogP contribution in [0, 0.1) is 11.6 Å². The van der Waals surface area contributed by atoms with Crippen molar-refractivity contribution in [2.45, 2.75) is 13.1 Å². The molecule has 0 spiro atoms. The Morgan fingerprint density at radius 1 is 1.27 bits per heavy atom. The zero-order chi connectivity index (χ0) is 16.3. The molecule has 1 amide bonds. The van der Waals surface area contributed by atoms with Gasteiger partial charge in [-0.3, -0.25) is 4.79 Å². The highest BCUT2D eigenvalue weighted by Crippen LogP contribution is 2.20. The first kappa shape index (κ1) is 16.2. The van der Waals surface area contributed by atoms with Crippen LogP contribution >= 0.6 is 11.6 Å². The molecule has 2 rings (SSSR count). The maximum Gasteiger partial charge on any atom is 0.251 e. The lowest BCUT2D eigenvalue weighted by Gasteiger charge is -2.12. The van der Waals surface area contributed by atoms with Crippen LogP contribution in [0.3, 0.4) is 0 Å². The summed E-state index contributed by atoms with van der Waals surface area (Å²) in [7, 11) is 0. The minimum absolute atomic E-state index is 0.0675. The first-order valence-corrected chi connectivity index (χ1v) is 6.81. The summed E-state index contributed by atoms with van der Waals surface area (Å²) in [6.45, 7) is 0.391. The Morgan fingerprint density at radius 3 is 2.64 bits per heavy atom. The average molecular weight is 326 g/mol. The van der Waals surface area contributed by atoms with Gasteiger partial charge in [-0.15, -0.1) is 0 Å². The summed E-state index contributed by atoms with van der Waals surface area (Å²) in [5.41, 5.74) is 13.4. The molecular weight excluding hydrogens is 312 g/mol. The van der Waals surface area contributed by atoms with E-state index in [9.17, 15) is 13.6 Å². The number of hydrogen-bond donors (Lipinski definition) is 3. The zero-order valence-corrected chi connectivity index (χ0v) is 12.3. The Kier molecular flexibility index (Phi) is 4.95. The van der Waals surface area contributed by atoms with Crippen molar-refractivity contribution in [2.75, 3.05) is 5.73 Å². The number of rotatable bonds is 4. The molecule has 5 N–H and O–H groups in total. The van der Waals surface area contributed by atoms with Crippen LogP contribution < -0.4 is 16.8 Å². The number of halogens is 3. The second-order valence-electron chi connectivity index (χ2n) is 4.63. The van der Waals surface area contributed by atoms with Gasteiger partial charge in [-0.1, -0.05) is 23.7 Å². The lowest BCUT2D eigenvalue weighted by molar-refractivity contribution is 0.0950. The minimum Gasteiger partial charge on any atom is -0.398 e. The summed E-state index contributed by atoms with van der Waals surface area (Å²) < 4.78 is 26.4. The normalized spacial score (nSPS) is 10.5. The van der Waals surface area contributed by atoms with E-state index < -0.39 is 22.6 Å². The Balaban J connectivity index is 2.16. The summed E-state index contributed by atoms with van der Waals surface area (Å²) in [4.78, 5) is 12.0. The fraction of sp³-hybridized carbons (Fsp3) is 0.133. The molecule has 22 heavy (non-hydrogen) atoms.